The molecule has 2 rings (SSSR count). The average molecular weight is 213 g/mol. The van der Waals surface area contributed by atoms with Crippen molar-refractivity contribution in [3.05, 3.63) is 53.9 Å². The number of nitrogens with zero attached hydrogens (tertiary/aromatic N) is 1. The number of carboxylic acids is 1. The quantitative estimate of drug-likeness (QED) is 0.834. The van der Waals surface area contributed by atoms with Gasteiger partial charge in [0.1, 0.15) is 0 Å². The molecule has 0 saturated heterocycles. The van der Waals surface area contributed by atoms with Crippen molar-refractivity contribution in [2.24, 2.45) is 0 Å². The molecule has 3 nitrogen and oxygen atoms in total. The van der Waals surface area contributed by atoms with Crippen LogP contribution in [0, 0.1) is 6.92 Å². The van der Waals surface area contributed by atoms with Gasteiger partial charge in [-0.2, -0.15) is 0 Å². The first kappa shape index (κ1) is 10.4. The molecule has 1 aromatic carbocycles. The van der Waals surface area contributed by atoms with Crippen LogP contribution in [0.1, 0.15) is 15.9 Å². The van der Waals surface area contributed by atoms with Crippen molar-refractivity contribution in [2.45, 2.75) is 6.92 Å². The number of carbonyl (C=O) groups is 1. The van der Waals surface area contributed by atoms with Crippen molar-refractivity contribution in [1.82, 2.24) is 4.98 Å². The fraction of sp³-hybridized carbons (Fsp3) is 0.0769. The number of aryl methyl sites for hydroxylation is 1. The summed E-state index contributed by atoms with van der Waals surface area (Å²) in [6.07, 6.45) is 3.47. The molecule has 1 aromatic heterocycles. The van der Waals surface area contributed by atoms with Gasteiger partial charge < -0.3 is 5.11 Å². The first-order valence-electron chi connectivity index (χ1n) is 4.93. The van der Waals surface area contributed by atoms with Gasteiger partial charge in [-0.05, 0) is 41.8 Å². The van der Waals surface area contributed by atoms with Crippen LogP contribution in [-0.2, 0) is 0 Å². The summed E-state index contributed by atoms with van der Waals surface area (Å²) < 4.78 is 0. The van der Waals surface area contributed by atoms with Crippen LogP contribution in [0.25, 0.3) is 11.1 Å². The zero-order valence-corrected chi connectivity index (χ0v) is 8.84. The van der Waals surface area contributed by atoms with Crippen molar-refractivity contribution >= 4 is 5.97 Å². The molecule has 0 aliphatic heterocycles. The van der Waals surface area contributed by atoms with Crippen LogP contribution in [0.5, 0.6) is 0 Å². The summed E-state index contributed by atoms with van der Waals surface area (Å²) in [7, 11) is 0. The molecular formula is C13H11NO2. The van der Waals surface area contributed by atoms with Crippen LogP contribution in [0.3, 0.4) is 0 Å². The zero-order chi connectivity index (χ0) is 11.5. The summed E-state index contributed by atoms with van der Waals surface area (Å²) in [5.74, 6) is -0.909. The summed E-state index contributed by atoms with van der Waals surface area (Å²) in [6.45, 7) is 1.95. The van der Waals surface area contributed by atoms with Gasteiger partial charge in [0.2, 0.25) is 0 Å². The molecule has 0 saturated carbocycles. The lowest BCUT2D eigenvalue weighted by molar-refractivity contribution is 0.0697. The molecular weight excluding hydrogens is 202 g/mol. The third kappa shape index (κ3) is 1.93. The second kappa shape index (κ2) is 4.14. The molecule has 80 valence electrons. The van der Waals surface area contributed by atoms with Crippen LogP contribution in [0.15, 0.2) is 42.7 Å². The number of hydrogen-bond acceptors (Lipinski definition) is 2. The Morgan fingerprint density at radius 3 is 2.81 bits per heavy atom. The van der Waals surface area contributed by atoms with Crippen molar-refractivity contribution in [3.8, 4) is 11.1 Å². The topological polar surface area (TPSA) is 50.2 Å². The molecule has 1 heterocycles. The number of aromatic carboxylic acids is 1. The van der Waals surface area contributed by atoms with E-state index >= 15 is 0 Å². The third-order valence-corrected chi connectivity index (χ3v) is 2.44. The van der Waals surface area contributed by atoms with Gasteiger partial charge >= 0.3 is 5.97 Å². The van der Waals surface area contributed by atoms with Gasteiger partial charge in [-0.1, -0.05) is 12.1 Å². The highest BCUT2D eigenvalue weighted by atomic mass is 16.4. The Hall–Kier alpha value is -2.16. The molecule has 0 aliphatic rings. The minimum atomic E-state index is -0.909. The van der Waals surface area contributed by atoms with E-state index in [1.165, 1.54) is 0 Å². The van der Waals surface area contributed by atoms with E-state index in [2.05, 4.69) is 4.98 Å². The maximum atomic E-state index is 10.9. The molecule has 0 radical (unpaired) electrons. The minimum absolute atomic E-state index is 0.300. The number of benzene rings is 1. The van der Waals surface area contributed by atoms with Crippen LogP contribution in [-0.4, -0.2) is 16.1 Å². The van der Waals surface area contributed by atoms with Gasteiger partial charge in [0, 0.05) is 12.4 Å². The second-order valence-electron chi connectivity index (χ2n) is 3.58. The zero-order valence-electron chi connectivity index (χ0n) is 8.84. The average Bonchev–Trinajstić information content (AvgIpc) is 2.30. The molecule has 3 heteroatoms. The van der Waals surface area contributed by atoms with E-state index in [4.69, 9.17) is 5.11 Å². The van der Waals surface area contributed by atoms with Crippen LogP contribution < -0.4 is 0 Å². The van der Waals surface area contributed by atoms with Crippen molar-refractivity contribution in [3.63, 3.8) is 0 Å². The molecule has 0 aliphatic carbocycles. The number of carboxylic acid groups (broad SMARTS) is 1. The van der Waals surface area contributed by atoms with Crippen LogP contribution in [0.4, 0.5) is 0 Å². The summed E-state index contributed by atoms with van der Waals surface area (Å²) in [5, 5.41) is 8.91. The predicted molar refractivity (Wildman–Crippen MR) is 61.4 cm³/mol. The molecule has 1 N–H and O–H groups in total. The highest BCUT2D eigenvalue weighted by Crippen LogP contribution is 2.23. The molecule has 16 heavy (non-hydrogen) atoms. The van der Waals surface area contributed by atoms with Gasteiger partial charge in [-0.25, -0.2) is 4.79 Å². The lowest BCUT2D eigenvalue weighted by Crippen LogP contribution is -1.96. The first-order valence-corrected chi connectivity index (χ1v) is 4.93. The molecule has 0 amide bonds. The molecule has 0 unspecified atom stereocenters. The summed E-state index contributed by atoms with van der Waals surface area (Å²) in [4.78, 5) is 14.9. The van der Waals surface area contributed by atoms with Gasteiger partial charge in [0.05, 0.1) is 5.56 Å². The van der Waals surface area contributed by atoms with E-state index in [1.807, 2.05) is 19.1 Å². The first-order chi connectivity index (χ1) is 7.68. The molecule has 0 spiro atoms. The number of aromatic nitrogens is 1. The van der Waals surface area contributed by atoms with E-state index in [0.29, 0.717) is 5.56 Å². The number of pyridine rings is 1. The smallest absolute Gasteiger partial charge is 0.335 e. The van der Waals surface area contributed by atoms with E-state index in [-0.39, 0.29) is 0 Å². The molecule has 0 atom stereocenters. The molecule has 2 aromatic rings. The van der Waals surface area contributed by atoms with Gasteiger partial charge in [-0.3, -0.25) is 4.98 Å². The standard InChI is InChI=1S/C13H11NO2/c1-9-8-14-6-5-12(9)10-3-2-4-11(7-10)13(15)16/h2-8H,1H3,(H,15,16). The summed E-state index contributed by atoms with van der Waals surface area (Å²) in [6, 6.07) is 8.79. The largest absolute Gasteiger partial charge is 0.478 e. The Morgan fingerprint density at radius 2 is 2.12 bits per heavy atom. The van der Waals surface area contributed by atoms with Gasteiger partial charge in [0.15, 0.2) is 0 Å². The van der Waals surface area contributed by atoms with Crippen molar-refractivity contribution < 1.29 is 9.90 Å². The van der Waals surface area contributed by atoms with E-state index in [9.17, 15) is 4.79 Å². The molecule has 0 fully saturated rings. The highest BCUT2D eigenvalue weighted by molar-refractivity contribution is 5.89. The fourth-order valence-electron chi connectivity index (χ4n) is 1.62. The summed E-state index contributed by atoms with van der Waals surface area (Å²) >= 11 is 0. The summed E-state index contributed by atoms with van der Waals surface area (Å²) in [5.41, 5.74) is 3.25. The monoisotopic (exact) mass is 213 g/mol. The molecule has 0 bridgehead atoms. The normalized spacial score (nSPS) is 10.1. The Bertz CT molecular complexity index is 535. The van der Waals surface area contributed by atoms with E-state index in [1.54, 1.807) is 30.6 Å². The SMILES string of the molecule is Cc1cnccc1-c1cccc(C(=O)O)c1. The van der Waals surface area contributed by atoms with Crippen LogP contribution in [0.2, 0.25) is 0 Å². The van der Waals surface area contributed by atoms with Crippen molar-refractivity contribution in [1.29, 1.82) is 0 Å². The Labute approximate surface area is 93.4 Å². The Kier molecular flexibility index (Phi) is 2.68. The lowest BCUT2D eigenvalue weighted by Gasteiger charge is -2.05. The Balaban J connectivity index is 2.53. The number of hydrogen-bond donors (Lipinski definition) is 1. The minimum Gasteiger partial charge on any atom is -0.478 e. The maximum absolute atomic E-state index is 10.9. The number of rotatable bonds is 2. The highest BCUT2D eigenvalue weighted by Gasteiger charge is 2.06. The maximum Gasteiger partial charge on any atom is 0.335 e. The fourth-order valence-corrected chi connectivity index (χ4v) is 1.62. The van der Waals surface area contributed by atoms with Crippen molar-refractivity contribution in [2.75, 3.05) is 0 Å². The van der Waals surface area contributed by atoms with Gasteiger partial charge in [0.25, 0.3) is 0 Å². The predicted octanol–water partition coefficient (Wildman–Crippen LogP) is 2.76. The Morgan fingerprint density at radius 1 is 1.31 bits per heavy atom. The van der Waals surface area contributed by atoms with E-state index in [0.717, 1.165) is 16.7 Å². The van der Waals surface area contributed by atoms with Crippen LogP contribution >= 0.6 is 0 Å². The second-order valence-corrected chi connectivity index (χ2v) is 3.58. The van der Waals surface area contributed by atoms with E-state index < -0.39 is 5.97 Å². The third-order valence-electron chi connectivity index (χ3n) is 2.44. The van der Waals surface area contributed by atoms with Gasteiger partial charge in [-0.15, -0.1) is 0 Å². The lowest BCUT2D eigenvalue weighted by atomic mass is 10.0.